The van der Waals surface area contributed by atoms with Crippen molar-refractivity contribution >= 4 is 16.5 Å². The molecule has 5 heteroatoms. The van der Waals surface area contributed by atoms with Gasteiger partial charge in [-0.25, -0.2) is 4.39 Å². The predicted molar refractivity (Wildman–Crippen MR) is 127 cm³/mol. The summed E-state index contributed by atoms with van der Waals surface area (Å²) < 4.78 is 26.3. The number of hydrogen-bond acceptors (Lipinski definition) is 3. The molecule has 5 rings (SSSR count). The fourth-order valence-corrected chi connectivity index (χ4v) is 4.26. The van der Waals surface area contributed by atoms with E-state index in [2.05, 4.69) is 0 Å². The molecular formula is C28H24FNO3. The van der Waals surface area contributed by atoms with Gasteiger partial charge in [-0.2, -0.15) is 4.73 Å². The van der Waals surface area contributed by atoms with E-state index < -0.39 is 0 Å². The van der Waals surface area contributed by atoms with Gasteiger partial charge in [-0.3, -0.25) is 0 Å². The van der Waals surface area contributed by atoms with Crippen molar-refractivity contribution in [3.05, 3.63) is 107 Å². The Labute approximate surface area is 192 Å². The fraction of sp³-hybridized carbons (Fsp3) is 0.179. The van der Waals surface area contributed by atoms with Crippen molar-refractivity contribution in [1.82, 2.24) is 0 Å². The Hall–Kier alpha value is -3.70. The van der Waals surface area contributed by atoms with E-state index in [1.165, 1.54) is 6.07 Å². The van der Waals surface area contributed by atoms with Crippen LogP contribution in [-0.2, 0) is 11.3 Å². The molecule has 0 spiro atoms. The minimum atomic E-state index is -0.249. The molecule has 0 unspecified atom stereocenters. The van der Waals surface area contributed by atoms with E-state index in [1.54, 1.807) is 25.3 Å². The number of fused-ring (bicyclic) bond motifs is 1. The number of ether oxygens (including phenoxy) is 2. The summed E-state index contributed by atoms with van der Waals surface area (Å²) in [5.41, 5.74) is 5.83. The Morgan fingerprint density at radius 1 is 1.06 bits per heavy atom. The molecule has 0 saturated heterocycles. The normalized spacial score (nSPS) is 13.7. The molecule has 3 aromatic carbocycles. The highest BCUT2D eigenvalue weighted by molar-refractivity contribution is 5.99. The zero-order valence-corrected chi connectivity index (χ0v) is 18.4. The Morgan fingerprint density at radius 3 is 2.67 bits per heavy atom. The van der Waals surface area contributed by atoms with E-state index in [-0.39, 0.29) is 5.82 Å². The Kier molecular flexibility index (Phi) is 5.80. The maximum Gasteiger partial charge on any atom is 0.228 e. The summed E-state index contributed by atoms with van der Waals surface area (Å²) >= 11 is 0. The van der Waals surface area contributed by atoms with Crippen LogP contribution in [0.4, 0.5) is 4.39 Å². The number of halogens is 1. The molecule has 0 amide bonds. The topological polar surface area (TPSA) is 45.4 Å². The molecule has 0 N–H and O–H groups in total. The van der Waals surface area contributed by atoms with Crippen molar-refractivity contribution < 1.29 is 18.6 Å². The molecule has 0 radical (unpaired) electrons. The van der Waals surface area contributed by atoms with Crippen LogP contribution in [0.1, 0.15) is 23.1 Å². The van der Waals surface area contributed by atoms with Crippen LogP contribution in [0.25, 0.3) is 27.6 Å². The maximum atomic E-state index is 14.0. The van der Waals surface area contributed by atoms with Gasteiger partial charge < -0.3 is 14.7 Å². The summed E-state index contributed by atoms with van der Waals surface area (Å²) in [6, 6.07) is 20.6. The summed E-state index contributed by atoms with van der Waals surface area (Å²) in [4.78, 5) is 0. The van der Waals surface area contributed by atoms with Crippen LogP contribution in [0.2, 0.25) is 0 Å². The number of aryl methyl sites for hydroxylation is 1. The van der Waals surface area contributed by atoms with E-state index in [4.69, 9.17) is 9.47 Å². The highest BCUT2D eigenvalue weighted by Crippen LogP contribution is 2.37. The number of hydrogen-bond donors (Lipinski definition) is 0. The number of benzene rings is 3. The van der Waals surface area contributed by atoms with Gasteiger partial charge in [0, 0.05) is 5.56 Å². The minimum Gasteiger partial charge on any atom is -0.618 e. The standard InChI is InChI=1S/C28H24FNO3/c1-19-15-22(7-10-26(19)29)28-24-9-8-23(33-18-20-5-3-2-4-6-20)16-27(24)30(31)17-25(28)21-11-13-32-14-12-21/h2-11,15-17H,12-14,18H2,1H3. The third kappa shape index (κ3) is 4.32. The van der Waals surface area contributed by atoms with E-state index in [0.29, 0.717) is 36.7 Å². The molecular weight excluding hydrogens is 417 g/mol. The first-order chi connectivity index (χ1) is 16.1. The third-order valence-corrected chi connectivity index (χ3v) is 6.00. The summed E-state index contributed by atoms with van der Waals surface area (Å²) in [5.74, 6) is 0.372. The first kappa shape index (κ1) is 21.2. The molecule has 0 bridgehead atoms. The number of rotatable bonds is 5. The van der Waals surface area contributed by atoms with E-state index in [1.807, 2.05) is 54.6 Å². The monoisotopic (exact) mass is 441 g/mol. The molecule has 4 nitrogen and oxygen atoms in total. The third-order valence-electron chi connectivity index (χ3n) is 6.00. The Balaban J connectivity index is 1.64. The van der Waals surface area contributed by atoms with E-state index >= 15 is 0 Å². The minimum absolute atomic E-state index is 0.249. The van der Waals surface area contributed by atoms with Gasteiger partial charge in [0.25, 0.3) is 0 Å². The summed E-state index contributed by atoms with van der Waals surface area (Å²) in [6.07, 6.45) is 4.35. The molecule has 33 heavy (non-hydrogen) atoms. The highest BCUT2D eigenvalue weighted by atomic mass is 19.1. The van der Waals surface area contributed by atoms with Crippen LogP contribution < -0.4 is 9.47 Å². The van der Waals surface area contributed by atoms with Crippen LogP contribution >= 0.6 is 0 Å². The van der Waals surface area contributed by atoms with Crippen molar-refractivity contribution in [3.63, 3.8) is 0 Å². The second kappa shape index (κ2) is 9.04. The quantitative estimate of drug-likeness (QED) is 0.283. The number of nitrogens with zero attached hydrogens (tertiary/aromatic N) is 1. The van der Waals surface area contributed by atoms with Crippen LogP contribution in [-0.4, -0.2) is 13.2 Å². The molecule has 2 heterocycles. The van der Waals surface area contributed by atoms with Gasteiger partial charge in [-0.1, -0.05) is 42.5 Å². The molecule has 166 valence electrons. The van der Waals surface area contributed by atoms with E-state index in [0.717, 1.165) is 44.4 Å². The number of aromatic nitrogens is 1. The van der Waals surface area contributed by atoms with Crippen LogP contribution in [0.3, 0.4) is 0 Å². The molecule has 0 atom stereocenters. The predicted octanol–water partition coefficient (Wildman–Crippen LogP) is 5.97. The number of pyridine rings is 1. The Morgan fingerprint density at radius 2 is 1.91 bits per heavy atom. The lowest BCUT2D eigenvalue weighted by Crippen LogP contribution is -2.28. The highest BCUT2D eigenvalue weighted by Gasteiger charge is 2.22. The van der Waals surface area contributed by atoms with Gasteiger partial charge in [0.05, 0.1) is 30.2 Å². The average Bonchev–Trinajstić information content (AvgIpc) is 2.86. The Bertz CT molecular complexity index is 1350. The molecule has 0 saturated carbocycles. The summed E-state index contributed by atoms with van der Waals surface area (Å²) in [6.45, 7) is 3.29. The van der Waals surface area contributed by atoms with Crippen molar-refractivity contribution in [2.24, 2.45) is 0 Å². The van der Waals surface area contributed by atoms with Gasteiger partial charge in [-0.05, 0) is 59.9 Å². The zero-order valence-electron chi connectivity index (χ0n) is 18.4. The molecule has 0 aliphatic carbocycles. The molecule has 1 aliphatic heterocycles. The second-order valence-corrected chi connectivity index (χ2v) is 8.22. The maximum absolute atomic E-state index is 14.0. The molecule has 1 aliphatic rings. The van der Waals surface area contributed by atoms with Crippen LogP contribution in [0.15, 0.2) is 79.0 Å². The van der Waals surface area contributed by atoms with Gasteiger partial charge >= 0.3 is 0 Å². The van der Waals surface area contributed by atoms with Gasteiger partial charge in [-0.15, -0.1) is 0 Å². The SMILES string of the molecule is Cc1cc(-c2c(C3=CCOCC3)c[n+]([O-])c3cc(OCc4ccccc4)ccc23)ccc1F. The van der Waals surface area contributed by atoms with Crippen LogP contribution in [0.5, 0.6) is 5.75 Å². The molecule has 1 aromatic heterocycles. The van der Waals surface area contributed by atoms with Crippen molar-refractivity contribution in [2.75, 3.05) is 13.2 Å². The lowest BCUT2D eigenvalue weighted by Gasteiger charge is -2.19. The lowest BCUT2D eigenvalue weighted by molar-refractivity contribution is -0.577. The largest absolute Gasteiger partial charge is 0.618 e. The second-order valence-electron chi connectivity index (χ2n) is 8.22. The van der Waals surface area contributed by atoms with Crippen molar-refractivity contribution in [1.29, 1.82) is 0 Å². The first-order valence-corrected chi connectivity index (χ1v) is 11.0. The van der Waals surface area contributed by atoms with Gasteiger partial charge in [0.15, 0.2) is 6.20 Å². The summed E-state index contributed by atoms with van der Waals surface area (Å²) in [7, 11) is 0. The van der Waals surface area contributed by atoms with Gasteiger partial charge in [0.1, 0.15) is 18.2 Å². The average molecular weight is 442 g/mol. The smallest absolute Gasteiger partial charge is 0.228 e. The zero-order chi connectivity index (χ0) is 22.8. The summed E-state index contributed by atoms with van der Waals surface area (Å²) in [5, 5.41) is 13.9. The molecule has 0 fully saturated rings. The van der Waals surface area contributed by atoms with Gasteiger partial charge in [0.2, 0.25) is 5.52 Å². The first-order valence-electron chi connectivity index (χ1n) is 11.0. The fourth-order valence-electron chi connectivity index (χ4n) is 4.26. The van der Waals surface area contributed by atoms with E-state index in [9.17, 15) is 9.60 Å². The van der Waals surface area contributed by atoms with Crippen molar-refractivity contribution in [3.8, 4) is 16.9 Å². The van der Waals surface area contributed by atoms with Crippen molar-refractivity contribution in [2.45, 2.75) is 20.0 Å². The van der Waals surface area contributed by atoms with Crippen LogP contribution in [0, 0.1) is 17.9 Å². The molecule has 4 aromatic rings. The lowest BCUT2D eigenvalue weighted by atomic mass is 9.90.